The zero-order valence-electron chi connectivity index (χ0n) is 17.3. The van der Waals surface area contributed by atoms with Gasteiger partial charge in [0, 0.05) is 24.3 Å². The minimum atomic E-state index is -3.92. The molecule has 0 saturated carbocycles. The zero-order valence-corrected chi connectivity index (χ0v) is 18.1. The Morgan fingerprint density at radius 1 is 0.781 bits per heavy atom. The fourth-order valence-electron chi connectivity index (χ4n) is 3.64. The van der Waals surface area contributed by atoms with Crippen molar-refractivity contribution in [1.29, 1.82) is 0 Å². The fourth-order valence-corrected chi connectivity index (χ4v) is 4.63. The first-order chi connectivity index (χ1) is 15.4. The predicted octanol–water partition coefficient (Wildman–Crippen LogP) is 3.44. The van der Waals surface area contributed by atoms with Gasteiger partial charge in [0.05, 0.1) is 4.90 Å². The zero-order chi connectivity index (χ0) is 22.6. The number of nitrogens with zero attached hydrogens (tertiary/aromatic N) is 1. The van der Waals surface area contributed by atoms with Crippen LogP contribution in [0.25, 0.3) is 0 Å². The maximum Gasteiger partial charge on any atom is 0.331 e. The molecule has 3 aromatic rings. The highest BCUT2D eigenvalue weighted by Gasteiger charge is 2.24. The maximum absolute atomic E-state index is 12.6. The third-order valence-electron chi connectivity index (χ3n) is 5.36. The molecule has 0 radical (unpaired) electrons. The van der Waals surface area contributed by atoms with Crippen molar-refractivity contribution >= 4 is 27.6 Å². The van der Waals surface area contributed by atoms with Crippen molar-refractivity contribution in [2.75, 3.05) is 18.4 Å². The average molecular weight is 450 g/mol. The van der Waals surface area contributed by atoms with Gasteiger partial charge in [-0.15, -0.1) is 0 Å². The molecule has 0 fully saturated rings. The van der Waals surface area contributed by atoms with Crippen molar-refractivity contribution in [3.63, 3.8) is 0 Å². The van der Waals surface area contributed by atoms with Crippen LogP contribution >= 0.6 is 0 Å². The van der Waals surface area contributed by atoms with E-state index in [1.54, 1.807) is 30.3 Å². The van der Waals surface area contributed by atoms with E-state index in [0.29, 0.717) is 37.2 Å². The Morgan fingerprint density at radius 3 is 2.09 bits per heavy atom. The molecule has 32 heavy (non-hydrogen) atoms. The Balaban J connectivity index is 1.42. The summed E-state index contributed by atoms with van der Waals surface area (Å²) >= 11 is 0. The van der Waals surface area contributed by atoms with Crippen molar-refractivity contribution < 1.29 is 18.0 Å². The molecule has 0 atom stereocenters. The normalized spacial score (nSPS) is 13.6. The third-order valence-corrected chi connectivity index (χ3v) is 6.70. The molecule has 1 heterocycles. The van der Waals surface area contributed by atoms with E-state index in [1.165, 1.54) is 17.0 Å². The lowest BCUT2D eigenvalue weighted by Crippen LogP contribution is -2.43. The third kappa shape index (κ3) is 4.97. The van der Waals surface area contributed by atoms with E-state index in [9.17, 15) is 18.0 Å². The molecule has 164 valence electrons. The lowest BCUT2D eigenvalue weighted by molar-refractivity contribution is 0.102. The van der Waals surface area contributed by atoms with Gasteiger partial charge in [0.2, 0.25) is 0 Å². The van der Waals surface area contributed by atoms with Crippen LogP contribution in [-0.2, 0) is 22.9 Å². The smallest absolute Gasteiger partial charge is 0.323 e. The average Bonchev–Trinajstić information content (AvgIpc) is 3.02. The molecule has 0 saturated heterocycles. The quantitative estimate of drug-likeness (QED) is 0.638. The molecule has 0 bridgehead atoms. The number of sulfonamides is 1. The summed E-state index contributed by atoms with van der Waals surface area (Å²) in [6.45, 7) is 0.776. The number of rotatable bonds is 4. The molecular weight excluding hydrogens is 426 g/mol. The van der Waals surface area contributed by atoms with Gasteiger partial charge in [-0.05, 0) is 60.4 Å². The molecule has 2 N–H and O–H groups in total. The van der Waals surface area contributed by atoms with Crippen LogP contribution in [0.1, 0.15) is 21.5 Å². The molecule has 0 spiro atoms. The summed E-state index contributed by atoms with van der Waals surface area (Å²) in [7, 11) is -3.92. The van der Waals surface area contributed by atoms with Gasteiger partial charge in [0.1, 0.15) is 0 Å². The summed E-state index contributed by atoms with van der Waals surface area (Å²) in [4.78, 5) is 26.6. The van der Waals surface area contributed by atoms with E-state index in [4.69, 9.17) is 0 Å². The number of carbonyl (C=O) groups excluding carboxylic acids is 2. The van der Waals surface area contributed by atoms with E-state index in [1.807, 2.05) is 36.4 Å². The molecule has 4 rings (SSSR count). The highest BCUT2D eigenvalue weighted by molar-refractivity contribution is 7.90. The SMILES string of the molecule is O=C(Nc1ccc2c(c1)CCN(C(=O)NS(=O)(=O)c1ccccc1)CC2)c1ccccc1. The van der Waals surface area contributed by atoms with Gasteiger partial charge in [-0.25, -0.2) is 17.9 Å². The van der Waals surface area contributed by atoms with Crippen molar-refractivity contribution in [2.45, 2.75) is 17.7 Å². The van der Waals surface area contributed by atoms with E-state index < -0.39 is 16.1 Å². The monoisotopic (exact) mass is 449 g/mol. The second kappa shape index (κ2) is 9.23. The lowest BCUT2D eigenvalue weighted by atomic mass is 10.0. The predicted molar refractivity (Wildman–Crippen MR) is 122 cm³/mol. The largest absolute Gasteiger partial charge is 0.331 e. The number of hydrogen-bond acceptors (Lipinski definition) is 4. The van der Waals surface area contributed by atoms with Crippen LogP contribution < -0.4 is 10.0 Å². The van der Waals surface area contributed by atoms with E-state index in [2.05, 4.69) is 10.0 Å². The first-order valence-corrected chi connectivity index (χ1v) is 11.8. The van der Waals surface area contributed by atoms with Crippen LogP contribution in [0, 0.1) is 0 Å². The summed E-state index contributed by atoms with van der Waals surface area (Å²) in [5, 5.41) is 2.90. The number of benzene rings is 3. The molecule has 3 amide bonds. The van der Waals surface area contributed by atoms with E-state index >= 15 is 0 Å². The van der Waals surface area contributed by atoms with Gasteiger partial charge in [0.15, 0.2) is 0 Å². The van der Waals surface area contributed by atoms with Crippen LogP contribution in [0.15, 0.2) is 83.8 Å². The minimum absolute atomic E-state index is 0.0465. The van der Waals surface area contributed by atoms with Gasteiger partial charge in [-0.2, -0.15) is 0 Å². The number of anilines is 1. The molecule has 1 aliphatic rings. The number of nitrogens with one attached hydrogen (secondary N) is 2. The first kappa shape index (κ1) is 21.6. The standard InChI is InChI=1S/C24H23N3O4S/c28-23(19-7-3-1-4-8-19)25-21-12-11-18-13-15-27(16-14-20(18)17-21)24(29)26-32(30,31)22-9-5-2-6-10-22/h1-12,17H,13-16H2,(H,25,28)(H,26,29). The molecule has 7 nitrogen and oxygen atoms in total. The topological polar surface area (TPSA) is 95.6 Å². The molecule has 1 aliphatic heterocycles. The van der Waals surface area contributed by atoms with Crippen LogP contribution in [0.4, 0.5) is 10.5 Å². The Hall–Kier alpha value is -3.65. The first-order valence-electron chi connectivity index (χ1n) is 10.3. The van der Waals surface area contributed by atoms with Gasteiger partial charge in [0.25, 0.3) is 15.9 Å². The van der Waals surface area contributed by atoms with Crippen molar-refractivity contribution in [3.05, 3.63) is 95.6 Å². The Labute approximate surface area is 187 Å². The number of carbonyl (C=O) groups is 2. The Morgan fingerprint density at radius 2 is 1.41 bits per heavy atom. The Bertz CT molecular complexity index is 1230. The van der Waals surface area contributed by atoms with Gasteiger partial charge < -0.3 is 10.2 Å². The second-order valence-corrected chi connectivity index (χ2v) is 9.20. The van der Waals surface area contributed by atoms with E-state index in [0.717, 1.165) is 11.1 Å². The molecule has 3 aromatic carbocycles. The minimum Gasteiger partial charge on any atom is -0.323 e. The van der Waals surface area contributed by atoms with Crippen LogP contribution in [0.3, 0.4) is 0 Å². The molecule has 0 aliphatic carbocycles. The van der Waals surface area contributed by atoms with Gasteiger partial charge in [-0.1, -0.05) is 42.5 Å². The van der Waals surface area contributed by atoms with Crippen LogP contribution in [0.2, 0.25) is 0 Å². The number of urea groups is 1. The number of hydrogen-bond donors (Lipinski definition) is 2. The van der Waals surface area contributed by atoms with Crippen LogP contribution in [0.5, 0.6) is 0 Å². The highest BCUT2D eigenvalue weighted by Crippen LogP contribution is 2.21. The highest BCUT2D eigenvalue weighted by atomic mass is 32.2. The Kier molecular flexibility index (Phi) is 6.23. The van der Waals surface area contributed by atoms with Crippen molar-refractivity contribution in [1.82, 2.24) is 9.62 Å². The van der Waals surface area contributed by atoms with Crippen molar-refractivity contribution in [3.8, 4) is 0 Å². The second-order valence-electron chi connectivity index (χ2n) is 7.51. The number of fused-ring (bicyclic) bond motifs is 1. The van der Waals surface area contributed by atoms with Crippen molar-refractivity contribution in [2.24, 2.45) is 0 Å². The van der Waals surface area contributed by atoms with Gasteiger partial charge in [-0.3, -0.25) is 4.79 Å². The summed E-state index contributed by atoms with van der Waals surface area (Å²) in [5.41, 5.74) is 3.35. The number of amides is 3. The maximum atomic E-state index is 12.6. The molecular formula is C24H23N3O4S. The summed E-state index contributed by atoms with van der Waals surface area (Å²) < 4.78 is 27.1. The van der Waals surface area contributed by atoms with Gasteiger partial charge >= 0.3 is 6.03 Å². The summed E-state index contributed by atoms with van der Waals surface area (Å²) in [6, 6.07) is 21.8. The summed E-state index contributed by atoms with van der Waals surface area (Å²) in [5.74, 6) is -0.189. The molecule has 8 heteroatoms. The van der Waals surface area contributed by atoms with E-state index in [-0.39, 0.29) is 10.8 Å². The molecule has 0 aromatic heterocycles. The molecule has 0 unspecified atom stereocenters. The summed E-state index contributed by atoms with van der Waals surface area (Å²) in [6.07, 6.45) is 1.16. The van der Waals surface area contributed by atoms with Crippen LogP contribution in [-0.4, -0.2) is 38.3 Å². The lowest BCUT2D eigenvalue weighted by Gasteiger charge is -2.20. The fraction of sp³-hybridized carbons (Fsp3) is 0.167.